The van der Waals surface area contributed by atoms with Crippen LogP contribution in [0.3, 0.4) is 0 Å². The van der Waals surface area contributed by atoms with Gasteiger partial charge in [-0.05, 0) is 62.6 Å². The number of thiophene rings is 1. The second-order valence-electron chi connectivity index (χ2n) is 8.53. The zero-order valence-corrected chi connectivity index (χ0v) is 19.7. The monoisotopic (exact) mass is 505 g/mol. The van der Waals surface area contributed by atoms with Gasteiger partial charge in [0, 0.05) is 15.4 Å². The summed E-state index contributed by atoms with van der Waals surface area (Å²) in [6, 6.07) is 7.55. The standard InChI is InChI=1S/C23H24BrNO5S/c1-11(2)30-23(29)19-16(12-5-7-15(24)8-6-12)10-31-21(19)25-20(26)17-13-3-4-14(9-13)18(17)22(27)28/h5-8,10-11,13-14,17-18H,3-4,9H2,1-2H3,(H,25,26)(H,27,28). The van der Waals surface area contributed by atoms with Crippen molar-refractivity contribution in [3.05, 3.63) is 39.7 Å². The number of amides is 1. The van der Waals surface area contributed by atoms with E-state index in [1.807, 2.05) is 29.6 Å². The van der Waals surface area contributed by atoms with Crippen molar-refractivity contribution >= 4 is 50.1 Å². The number of rotatable bonds is 6. The fourth-order valence-corrected chi connectivity index (χ4v) is 6.21. The maximum atomic E-state index is 13.2. The van der Waals surface area contributed by atoms with Crippen LogP contribution >= 0.6 is 27.3 Å². The van der Waals surface area contributed by atoms with Gasteiger partial charge in [-0.25, -0.2) is 4.79 Å². The highest BCUT2D eigenvalue weighted by atomic mass is 79.9. The molecule has 0 saturated heterocycles. The van der Waals surface area contributed by atoms with Gasteiger partial charge in [0.25, 0.3) is 0 Å². The maximum absolute atomic E-state index is 13.2. The molecule has 4 unspecified atom stereocenters. The van der Waals surface area contributed by atoms with Crippen molar-refractivity contribution in [2.24, 2.45) is 23.7 Å². The largest absolute Gasteiger partial charge is 0.481 e. The zero-order valence-electron chi connectivity index (χ0n) is 17.3. The van der Waals surface area contributed by atoms with Crippen LogP contribution in [-0.2, 0) is 14.3 Å². The number of benzene rings is 1. The average molecular weight is 506 g/mol. The molecule has 2 fully saturated rings. The van der Waals surface area contributed by atoms with E-state index in [-0.39, 0.29) is 23.8 Å². The fraction of sp³-hybridized carbons (Fsp3) is 0.435. The number of carboxylic acids is 1. The molecular weight excluding hydrogens is 482 g/mol. The summed E-state index contributed by atoms with van der Waals surface area (Å²) in [6.07, 6.45) is 2.22. The van der Waals surface area contributed by atoms with E-state index in [0.717, 1.165) is 29.3 Å². The van der Waals surface area contributed by atoms with E-state index in [1.54, 1.807) is 13.8 Å². The maximum Gasteiger partial charge on any atom is 0.342 e. The van der Waals surface area contributed by atoms with E-state index in [2.05, 4.69) is 21.2 Å². The van der Waals surface area contributed by atoms with Crippen LogP contribution in [0.4, 0.5) is 5.00 Å². The van der Waals surface area contributed by atoms with Crippen molar-refractivity contribution in [3.8, 4) is 11.1 Å². The summed E-state index contributed by atoms with van der Waals surface area (Å²) < 4.78 is 6.37. The molecule has 2 aliphatic rings. The Balaban J connectivity index is 1.66. The van der Waals surface area contributed by atoms with Crippen LogP contribution in [0.2, 0.25) is 0 Å². The Bertz CT molecular complexity index is 1020. The van der Waals surface area contributed by atoms with E-state index in [9.17, 15) is 19.5 Å². The predicted octanol–water partition coefficient (Wildman–Crippen LogP) is 5.43. The molecule has 2 N–H and O–H groups in total. The van der Waals surface area contributed by atoms with Crippen LogP contribution in [-0.4, -0.2) is 29.1 Å². The number of carbonyl (C=O) groups is 3. The topological polar surface area (TPSA) is 92.7 Å². The number of fused-ring (bicyclic) bond motifs is 2. The van der Waals surface area contributed by atoms with Crippen molar-refractivity contribution in [2.75, 3.05) is 5.32 Å². The molecule has 1 heterocycles. The first-order valence-electron chi connectivity index (χ1n) is 10.4. The molecule has 1 amide bonds. The lowest BCUT2D eigenvalue weighted by Crippen LogP contribution is -2.38. The molecular formula is C23H24BrNO5S. The Morgan fingerprint density at radius 2 is 1.77 bits per heavy atom. The highest BCUT2D eigenvalue weighted by Crippen LogP contribution is 2.53. The molecule has 2 aromatic rings. The Kier molecular flexibility index (Phi) is 6.21. The number of halogens is 1. The number of anilines is 1. The third kappa shape index (κ3) is 4.28. The second kappa shape index (κ2) is 8.74. The van der Waals surface area contributed by atoms with Gasteiger partial charge in [-0.3, -0.25) is 9.59 Å². The van der Waals surface area contributed by atoms with Crippen molar-refractivity contribution in [3.63, 3.8) is 0 Å². The first-order valence-corrected chi connectivity index (χ1v) is 12.1. The quantitative estimate of drug-likeness (QED) is 0.510. The van der Waals surface area contributed by atoms with Gasteiger partial charge >= 0.3 is 11.9 Å². The molecule has 1 aromatic heterocycles. The smallest absolute Gasteiger partial charge is 0.342 e. The van der Waals surface area contributed by atoms with E-state index in [1.165, 1.54) is 11.3 Å². The molecule has 0 radical (unpaired) electrons. The molecule has 4 atom stereocenters. The Hall–Kier alpha value is -2.19. The molecule has 1 aromatic carbocycles. The zero-order chi connectivity index (χ0) is 22.3. The van der Waals surface area contributed by atoms with E-state index in [0.29, 0.717) is 16.1 Å². The number of nitrogens with one attached hydrogen (secondary N) is 1. The molecule has 4 rings (SSSR count). The minimum absolute atomic E-state index is 0.0605. The lowest BCUT2D eigenvalue weighted by molar-refractivity contribution is -0.148. The summed E-state index contributed by atoms with van der Waals surface area (Å²) >= 11 is 4.67. The van der Waals surface area contributed by atoms with Gasteiger partial charge in [0.2, 0.25) is 5.91 Å². The van der Waals surface area contributed by atoms with Crippen LogP contribution in [0.15, 0.2) is 34.1 Å². The molecule has 8 heteroatoms. The van der Waals surface area contributed by atoms with Crippen LogP contribution in [0.5, 0.6) is 0 Å². The highest BCUT2D eigenvalue weighted by Gasteiger charge is 2.54. The molecule has 2 aliphatic carbocycles. The van der Waals surface area contributed by atoms with Crippen molar-refractivity contribution in [1.82, 2.24) is 0 Å². The van der Waals surface area contributed by atoms with Crippen LogP contribution in [0, 0.1) is 23.7 Å². The molecule has 2 bridgehead atoms. The number of aliphatic carboxylic acids is 1. The van der Waals surface area contributed by atoms with Gasteiger partial charge < -0.3 is 15.2 Å². The number of esters is 1. The summed E-state index contributed by atoms with van der Waals surface area (Å²) in [7, 11) is 0. The Morgan fingerprint density at radius 1 is 1.13 bits per heavy atom. The summed E-state index contributed by atoms with van der Waals surface area (Å²) in [6.45, 7) is 3.54. The van der Waals surface area contributed by atoms with Crippen LogP contribution in [0.1, 0.15) is 43.5 Å². The van der Waals surface area contributed by atoms with E-state index < -0.39 is 23.8 Å². The fourth-order valence-electron chi connectivity index (χ4n) is 4.99. The second-order valence-corrected chi connectivity index (χ2v) is 10.3. The normalized spacial score (nSPS) is 24.4. The van der Waals surface area contributed by atoms with Crippen LogP contribution < -0.4 is 5.32 Å². The lowest BCUT2D eigenvalue weighted by Gasteiger charge is -2.27. The molecule has 31 heavy (non-hydrogen) atoms. The van der Waals surface area contributed by atoms with E-state index >= 15 is 0 Å². The third-order valence-corrected chi connectivity index (χ3v) is 7.66. The summed E-state index contributed by atoms with van der Waals surface area (Å²) in [5.74, 6) is -2.81. The van der Waals surface area contributed by atoms with Gasteiger partial charge in [-0.1, -0.05) is 28.1 Å². The first kappa shape index (κ1) is 22.0. The number of carboxylic acid groups (broad SMARTS) is 1. The van der Waals surface area contributed by atoms with Crippen molar-refractivity contribution < 1.29 is 24.2 Å². The van der Waals surface area contributed by atoms with Gasteiger partial charge in [0.1, 0.15) is 10.6 Å². The highest BCUT2D eigenvalue weighted by molar-refractivity contribution is 9.10. The number of ether oxygens (including phenoxy) is 1. The Labute approximate surface area is 193 Å². The third-order valence-electron chi connectivity index (χ3n) is 6.23. The predicted molar refractivity (Wildman–Crippen MR) is 122 cm³/mol. The first-order chi connectivity index (χ1) is 14.8. The minimum atomic E-state index is -0.909. The number of hydrogen-bond donors (Lipinski definition) is 2. The molecule has 0 spiro atoms. The SMILES string of the molecule is CC(C)OC(=O)c1c(-c2ccc(Br)cc2)csc1NC(=O)C1C2CCC(C2)C1C(=O)O. The lowest BCUT2D eigenvalue weighted by atomic mass is 9.79. The average Bonchev–Trinajstić information content (AvgIpc) is 3.42. The number of carbonyl (C=O) groups excluding carboxylic acids is 2. The molecule has 164 valence electrons. The summed E-state index contributed by atoms with van der Waals surface area (Å²) in [5.41, 5.74) is 1.82. The van der Waals surface area contributed by atoms with Crippen LogP contribution in [0.25, 0.3) is 11.1 Å². The van der Waals surface area contributed by atoms with Gasteiger partial charge in [-0.15, -0.1) is 11.3 Å². The van der Waals surface area contributed by atoms with Crippen molar-refractivity contribution in [2.45, 2.75) is 39.2 Å². The van der Waals surface area contributed by atoms with E-state index in [4.69, 9.17) is 4.74 Å². The summed E-state index contributed by atoms with van der Waals surface area (Å²) in [4.78, 5) is 37.9. The van der Waals surface area contributed by atoms with Crippen molar-refractivity contribution in [1.29, 1.82) is 0 Å². The van der Waals surface area contributed by atoms with Gasteiger partial charge in [0.15, 0.2) is 0 Å². The van der Waals surface area contributed by atoms with Gasteiger partial charge in [-0.2, -0.15) is 0 Å². The summed E-state index contributed by atoms with van der Waals surface area (Å²) in [5, 5.41) is 14.8. The minimum Gasteiger partial charge on any atom is -0.481 e. The molecule has 6 nitrogen and oxygen atoms in total. The molecule has 2 saturated carbocycles. The van der Waals surface area contributed by atoms with Gasteiger partial charge in [0.05, 0.1) is 17.9 Å². The molecule has 0 aliphatic heterocycles. The number of hydrogen-bond acceptors (Lipinski definition) is 5. The Morgan fingerprint density at radius 3 is 2.39 bits per heavy atom.